The van der Waals surface area contributed by atoms with Gasteiger partial charge in [-0.1, -0.05) is 60.2 Å². The van der Waals surface area contributed by atoms with Crippen LogP contribution in [-0.4, -0.2) is 47.8 Å². The van der Waals surface area contributed by atoms with Crippen molar-refractivity contribution in [3.8, 4) is 0 Å². The van der Waals surface area contributed by atoms with E-state index >= 15 is 0 Å². The van der Waals surface area contributed by atoms with Gasteiger partial charge in [0.1, 0.15) is 11.5 Å². The van der Waals surface area contributed by atoms with Gasteiger partial charge in [0.2, 0.25) is 0 Å². The number of carbonyl (C=O) groups is 1. The molecule has 4 nitrogen and oxygen atoms in total. The number of fused-ring (bicyclic) bond motifs is 2. The lowest BCUT2D eigenvalue weighted by Gasteiger charge is -2.38. The predicted octanol–water partition coefficient (Wildman–Crippen LogP) is 3.64. The summed E-state index contributed by atoms with van der Waals surface area (Å²) >= 11 is 0. The highest BCUT2D eigenvalue weighted by Gasteiger charge is 2.45. The first kappa shape index (κ1) is 20.1. The SMILES string of the molecule is Cc1cccc(CC(CO)(C(=O)OC2CC3CCC(C2)N3C)c2ccccc2)c1. The molecule has 2 aromatic rings. The average molecular weight is 394 g/mol. The Kier molecular flexibility index (Phi) is 5.75. The third kappa shape index (κ3) is 3.96. The summed E-state index contributed by atoms with van der Waals surface area (Å²) in [5, 5.41) is 10.5. The molecule has 2 aromatic carbocycles. The molecule has 4 heteroatoms. The molecule has 0 spiro atoms. The van der Waals surface area contributed by atoms with Gasteiger partial charge < -0.3 is 14.7 Å². The topological polar surface area (TPSA) is 49.8 Å². The number of aryl methyl sites for hydroxylation is 1. The fourth-order valence-corrected chi connectivity index (χ4v) is 5.15. The monoisotopic (exact) mass is 393 g/mol. The van der Waals surface area contributed by atoms with Crippen molar-refractivity contribution in [2.45, 2.75) is 62.6 Å². The lowest BCUT2D eigenvalue weighted by molar-refractivity contribution is -0.161. The molecule has 2 heterocycles. The van der Waals surface area contributed by atoms with E-state index in [0.29, 0.717) is 18.5 Å². The summed E-state index contributed by atoms with van der Waals surface area (Å²) in [7, 11) is 2.18. The average Bonchev–Trinajstić information content (AvgIpc) is 2.93. The van der Waals surface area contributed by atoms with Crippen LogP contribution in [0, 0.1) is 6.92 Å². The predicted molar refractivity (Wildman–Crippen MR) is 114 cm³/mol. The van der Waals surface area contributed by atoms with E-state index in [1.54, 1.807) is 0 Å². The fourth-order valence-electron chi connectivity index (χ4n) is 5.15. The minimum Gasteiger partial charge on any atom is -0.462 e. The second-order valence-corrected chi connectivity index (χ2v) is 8.82. The number of nitrogens with zero attached hydrogens (tertiary/aromatic N) is 1. The van der Waals surface area contributed by atoms with Crippen LogP contribution in [0.3, 0.4) is 0 Å². The Morgan fingerprint density at radius 3 is 2.41 bits per heavy atom. The zero-order valence-electron chi connectivity index (χ0n) is 17.4. The second kappa shape index (κ2) is 8.29. The first-order chi connectivity index (χ1) is 14.0. The second-order valence-electron chi connectivity index (χ2n) is 8.82. The lowest BCUT2D eigenvalue weighted by atomic mass is 9.76. The van der Waals surface area contributed by atoms with Gasteiger partial charge >= 0.3 is 5.97 Å². The summed E-state index contributed by atoms with van der Waals surface area (Å²) in [6.45, 7) is 1.77. The van der Waals surface area contributed by atoms with E-state index in [9.17, 15) is 9.90 Å². The summed E-state index contributed by atoms with van der Waals surface area (Å²) in [5.74, 6) is -0.304. The highest BCUT2D eigenvalue weighted by Crippen LogP contribution is 2.37. The van der Waals surface area contributed by atoms with E-state index in [2.05, 4.69) is 18.0 Å². The number of aliphatic hydroxyl groups is 1. The molecule has 2 bridgehead atoms. The zero-order chi connectivity index (χ0) is 20.4. The van der Waals surface area contributed by atoms with Crippen LogP contribution in [0.15, 0.2) is 54.6 Å². The Labute approximate surface area is 173 Å². The van der Waals surface area contributed by atoms with Crippen LogP contribution in [0.1, 0.15) is 42.4 Å². The number of ether oxygens (including phenoxy) is 1. The van der Waals surface area contributed by atoms with E-state index in [1.807, 2.05) is 55.5 Å². The molecule has 2 saturated heterocycles. The van der Waals surface area contributed by atoms with Gasteiger partial charge in [-0.15, -0.1) is 0 Å². The smallest absolute Gasteiger partial charge is 0.319 e. The molecule has 29 heavy (non-hydrogen) atoms. The Morgan fingerprint density at radius 2 is 1.79 bits per heavy atom. The number of carbonyl (C=O) groups excluding carboxylic acids is 1. The molecule has 2 aliphatic rings. The molecule has 0 saturated carbocycles. The van der Waals surface area contributed by atoms with Crippen LogP contribution in [0.5, 0.6) is 0 Å². The number of hydrogen-bond acceptors (Lipinski definition) is 4. The minimum absolute atomic E-state index is 0.0663. The maximum absolute atomic E-state index is 13.6. The van der Waals surface area contributed by atoms with Gasteiger partial charge in [-0.3, -0.25) is 4.79 Å². The van der Waals surface area contributed by atoms with Crippen molar-refractivity contribution >= 4 is 5.97 Å². The molecule has 0 aromatic heterocycles. The molecule has 0 aliphatic carbocycles. The Hall–Kier alpha value is -2.17. The van der Waals surface area contributed by atoms with Crippen molar-refractivity contribution < 1.29 is 14.6 Å². The summed E-state index contributed by atoms with van der Waals surface area (Å²) in [4.78, 5) is 16.0. The van der Waals surface area contributed by atoms with E-state index in [0.717, 1.165) is 29.5 Å². The summed E-state index contributed by atoms with van der Waals surface area (Å²) in [6, 6.07) is 18.7. The Bertz CT molecular complexity index is 838. The standard InChI is InChI=1S/C25H31NO3/c1-18-7-6-8-19(13-18)16-25(17-27,20-9-4-3-5-10-20)24(28)29-23-14-21-11-12-22(15-23)26(21)2/h3-10,13,21-23,27H,11-12,14-17H2,1-2H3. The van der Waals surface area contributed by atoms with Crippen molar-refractivity contribution in [2.24, 2.45) is 0 Å². The molecule has 2 fully saturated rings. The van der Waals surface area contributed by atoms with Crippen molar-refractivity contribution in [1.29, 1.82) is 0 Å². The van der Waals surface area contributed by atoms with Crippen LogP contribution in [0.4, 0.5) is 0 Å². The van der Waals surface area contributed by atoms with Crippen LogP contribution in [-0.2, 0) is 21.4 Å². The quantitative estimate of drug-likeness (QED) is 0.762. The minimum atomic E-state index is -1.09. The lowest BCUT2D eigenvalue weighted by Crippen LogP contribution is -2.48. The van der Waals surface area contributed by atoms with Crippen LogP contribution < -0.4 is 0 Å². The van der Waals surface area contributed by atoms with Crippen molar-refractivity contribution in [1.82, 2.24) is 4.90 Å². The molecule has 0 radical (unpaired) electrons. The Morgan fingerprint density at radius 1 is 1.10 bits per heavy atom. The van der Waals surface area contributed by atoms with Gasteiger partial charge in [0.25, 0.3) is 0 Å². The van der Waals surface area contributed by atoms with E-state index in [-0.39, 0.29) is 18.7 Å². The number of benzene rings is 2. The summed E-state index contributed by atoms with van der Waals surface area (Å²) < 4.78 is 6.11. The van der Waals surface area contributed by atoms with Crippen LogP contribution >= 0.6 is 0 Å². The van der Waals surface area contributed by atoms with Crippen LogP contribution in [0.2, 0.25) is 0 Å². The summed E-state index contributed by atoms with van der Waals surface area (Å²) in [5.41, 5.74) is 1.90. The third-order valence-electron chi connectivity index (χ3n) is 6.90. The number of aliphatic hydroxyl groups excluding tert-OH is 1. The van der Waals surface area contributed by atoms with E-state index in [1.165, 1.54) is 12.8 Å². The number of esters is 1. The molecule has 3 unspecified atom stereocenters. The maximum Gasteiger partial charge on any atom is 0.319 e. The summed E-state index contributed by atoms with van der Waals surface area (Å²) in [6.07, 6.45) is 4.50. The maximum atomic E-state index is 13.6. The third-order valence-corrected chi connectivity index (χ3v) is 6.90. The van der Waals surface area contributed by atoms with Crippen molar-refractivity contribution in [3.05, 3.63) is 71.3 Å². The van der Waals surface area contributed by atoms with Gasteiger partial charge in [0.15, 0.2) is 0 Å². The molecule has 0 amide bonds. The van der Waals surface area contributed by atoms with Gasteiger partial charge in [0.05, 0.1) is 6.61 Å². The van der Waals surface area contributed by atoms with Crippen molar-refractivity contribution in [2.75, 3.05) is 13.7 Å². The zero-order valence-corrected chi connectivity index (χ0v) is 17.4. The highest BCUT2D eigenvalue weighted by molar-refractivity contribution is 5.84. The number of rotatable bonds is 6. The molecule has 154 valence electrons. The first-order valence-electron chi connectivity index (χ1n) is 10.7. The van der Waals surface area contributed by atoms with Crippen LogP contribution in [0.25, 0.3) is 0 Å². The molecule has 1 N–H and O–H groups in total. The van der Waals surface area contributed by atoms with Gasteiger partial charge in [-0.05, 0) is 57.2 Å². The van der Waals surface area contributed by atoms with E-state index < -0.39 is 5.41 Å². The van der Waals surface area contributed by atoms with Gasteiger partial charge in [0, 0.05) is 12.1 Å². The molecule has 2 aliphatic heterocycles. The normalized spacial score (nSPS) is 26.1. The Balaban J connectivity index is 1.62. The number of hydrogen-bond donors (Lipinski definition) is 1. The van der Waals surface area contributed by atoms with E-state index in [4.69, 9.17) is 4.74 Å². The first-order valence-corrected chi connectivity index (χ1v) is 10.7. The van der Waals surface area contributed by atoms with Gasteiger partial charge in [-0.25, -0.2) is 0 Å². The fraction of sp³-hybridized carbons (Fsp3) is 0.480. The largest absolute Gasteiger partial charge is 0.462 e. The molecule has 3 atom stereocenters. The molecular formula is C25H31NO3. The number of piperidine rings is 1. The highest BCUT2D eigenvalue weighted by atomic mass is 16.5. The van der Waals surface area contributed by atoms with Crippen molar-refractivity contribution in [3.63, 3.8) is 0 Å². The molecule has 4 rings (SSSR count). The van der Waals surface area contributed by atoms with Gasteiger partial charge in [-0.2, -0.15) is 0 Å². The molecular weight excluding hydrogens is 362 g/mol.